The molecule has 1 heteroatoms. The first-order chi connectivity index (χ1) is 5.24. The minimum absolute atomic E-state index is 0.708. The van der Waals surface area contributed by atoms with Crippen molar-refractivity contribution >= 4 is 6.29 Å². The van der Waals surface area contributed by atoms with Crippen molar-refractivity contribution in [2.75, 3.05) is 0 Å². The fourth-order valence-corrected chi connectivity index (χ4v) is 0.118. The molecule has 0 atom stereocenters. The van der Waals surface area contributed by atoms with Crippen molar-refractivity contribution < 1.29 is 4.79 Å². The van der Waals surface area contributed by atoms with Crippen LogP contribution in [0.5, 0.6) is 0 Å². The van der Waals surface area contributed by atoms with Gasteiger partial charge in [-0.2, -0.15) is 0 Å². The Hall–Kier alpha value is -0.850. The molecule has 1 nitrogen and oxygen atoms in total. The molecule has 0 aliphatic heterocycles. The van der Waals surface area contributed by atoms with Gasteiger partial charge in [0.2, 0.25) is 0 Å². The molecule has 11 heavy (non-hydrogen) atoms. The fourth-order valence-electron chi connectivity index (χ4n) is 0.118. The maximum Gasteiger partial charge on any atom is 0.119 e. The average molecular weight is 156 g/mol. The maximum atomic E-state index is 9.40. The number of carbonyl (C=O) groups excluding carboxylic acids is 1. The highest BCUT2D eigenvalue weighted by molar-refractivity contribution is 5.48. The zero-order chi connectivity index (χ0) is 9.54. The zero-order valence-corrected chi connectivity index (χ0v) is 7.97. The molecule has 0 rings (SSSR count). The van der Waals surface area contributed by atoms with Crippen LogP contribution in [0.15, 0.2) is 25.3 Å². The van der Waals surface area contributed by atoms with Crippen molar-refractivity contribution in [2.24, 2.45) is 0 Å². The molecular weight excluding hydrogens is 136 g/mol. The van der Waals surface area contributed by atoms with Crippen molar-refractivity contribution in [1.82, 2.24) is 0 Å². The SMILES string of the molecule is C=CC.C=CC.CCCC=O. The van der Waals surface area contributed by atoms with Crippen LogP contribution in [0.25, 0.3) is 0 Å². The average Bonchev–Trinajstić information content (AvgIpc) is 1.92. The summed E-state index contributed by atoms with van der Waals surface area (Å²) in [5, 5.41) is 0. The molecule has 0 unspecified atom stereocenters. The van der Waals surface area contributed by atoms with E-state index < -0.39 is 0 Å². The smallest absolute Gasteiger partial charge is 0.119 e. The second-order valence-electron chi connectivity index (χ2n) is 1.77. The van der Waals surface area contributed by atoms with Crippen molar-refractivity contribution in [3.8, 4) is 0 Å². The van der Waals surface area contributed by atoms with Gasteiger partial charge in [0.1, 0.15) is 6.29 Å². The summed E-state index contributed by atoms with van der Waals surface area (Å²) in [4.78, 5) is 9.40. The van der Waals surface area contributed by atoms with E-state index in [1.165, 1.54) is 0 Å². The lowest BCUT2D eigenvalue weighted by Gasteiger charge is -1.68. The third-order valence-corrected chi connectivity index (χ3v) is 0.407. The van der Waals surface area contributed by atoms with E-state index in [2.05, 4.69) is 13.2 Å². The molecule has 0 saturated heterocycles. The lowest BCUT2D eigenvalue weighted by Crippen LogP contribution is -1.64. The Morgan fingerprint density at radius 2 is 1.45 bits per heavy atom. The molecule has 0 heterocycles. The molecule has 0 aromatic rings. The van der Waals surface area contributed by atoms with Crippen LogP contribution in [-0.2, 0) is 4.79 Å². The van der Waals surface area contributed by atoms with Crippen LogP contribution in [0.2, 0.25) is 0 Å². The minimum atomic E-state index is 0.708. The van der Waals surface area contributed by atoms with Gasteiger partial charge in [-0.3, -0.25) is 0 Å². The first-order valence-electron chi connectivity index (χ1n) is 3.82. The van der Waals surface area contributed by atoms with E-state index in [1.807, 2.05) is 20.8 Å². The van der Waals surface area contributed by atoms with Crippen LogP contribution >= 0.6 is 0 Å². The highest BCUT2D eigenvalue weighted by Crippen LogP contribution is 1.74. The quantitative estimate of drug-likeness (QED) is 0.442. The Balaban J connectivity index is -0.0000000933. The van der Waals surface area contributed by atoms with Gasteiger partial charge in [-0.15, -0.1) is 13.2 Å². The number of hydrogen-bond donors (Lipinski definition) is 0. The van der Waals surface area contributed by atoms with Crippen LogP contribution < -0.4 is 0 Å². The summed E-state index contributed by atoms with van der Waals surface area (Å²) < 4.78 is 0. The number of carbonyl (C=O) groups is 1. The summed E-state index contributed by atoms with van der Waals surface area (Å²) in [6.45, 7) is 12.5. The summed E-state index contributed by atoms with van der Waals surface area (Å²) in [7, 11) is 0. The van der Waals surface area contributed by atoms with Gasteiger partial charge in [-0.05, 0) is 20.3 Å². The summed E-state index contributed by atoms with van der Waals surface area (Å²) in [6.07, 6.45) is 6.11. The molecule has 0 fully saturated rings. The lowest BCUT2D eigenvalue weighted by atomic mass is 10.4. The molecule has 0 aromatic heterocycles. The Morgan fingerprint density at radius 3 is 1.45 bits per heavy atom. The molecule has 0 radical (unpaired) electrons. The van der Waals surface area contributed by atoms with E-state index in [0.717, 1.165) is 12.7 Å². The van der Waals surface area contributed by atoms with Crippen molar-refractivity contribution in [1.29, 1.82) is 0 Å². The monoisotopic (exact) mass is 156 g/mol. The molecular formula is C10H20O. The van der Waals surface area contributed by atoms with Gasteiger partial charge in [0.15, 0.2) is 0 Å². The number of unbranched alkanes of at least 4 members (excludes halogenated alkanes) is 1. The Bertz CT molecular complexity index is 68.9. The van der Waals surface area contributed by atoms with E-state index in [0.29, 0.717) is 6.42 Å². The predicted octanol–water partition coefficient (Wildman–Crippen LogP) is 3.37. The Labute approximate surface area is 70.8 Å². The van der Waals surface area contributed by atoms with E-state index in [4.69, 9.17) is 0 Å². The number of rotatable bonds is 2. The van der Waals surface area contributed by atoms with Crippen LogP contribution in [-0.4, -0.2) is 6.29 Å². The molecule has 0 spiro atoms. The maximum absolute atomic E-state index is 9.40. The molecule has 0 aliphatic rings. The van der Waals surface area contributed by atoms with Crippen molar-refractivity contribution in [3.05, 3.63) is 25.3 Å². The van der Waals surface area contributed by atoms with Gasteiger partial charge in [-0.1, -0.05) is 19.1 Å². The first-order valence-corrected chi connectivity index (χ1v) is 3.82. The number of allylic oxidation sites excluding steroid dienone is 2. The van der Waals surface area contributed by atoms with Gasteiger partial charge in [0.05, 0.1) is 0 Å². The second-order valence-corrected chi connectivity index (χ2v) is 1.77. The van der Waals surface area contributed by atoms with E-state index in [1.54, 1.807) is 12.2 Å². The van der Waals surface area contributed by atoms with Gasteiger partial charge in [0, 0.05) is 6.42 Å². The molecule has 0 N–H and O–H groups in total. The standard InChI is InChI=1S/C4H8O.2C3H6/c1-2-3-4-5;2*1-3-2/h4H,2-3H2,1H3;2*3H,1H2,2H3. The van der Waals surface area contributed by atoms with Crippen LogP contribution in [0, 0.1) is 0 Å². The van der Waals surface area contributed by atoms with E-state index >= 15 is 0 Å². The normalized spacial score (nSPS) is 5.73. The lowest BCUT2D eigenvalue weighted by molar-refractivity contribution is -0.107. The Morgan fingerprint density at radius 1 is 1.18 bits per heavy atom. The van der Waals surface area contributed by atoms with Gasteiger partial charge in [0.25, 0.3) is 0 Å². The van der Waals surface area contributed by atoms with Crippen molar-refractivity contribution in [2.45, 2.75) is 33.6 Å². The third-order valence-electron chi connectivity index (χ3n) is 0.407. The number of aldehydes is 1. The number of hydrogen-bond acceptors (Lipinski definition) is 1. The van der Waals surface area contributed by atoms with Crippen LogP contribution in [0.4, 0.5) is 0 Å². The Kier molecular flexibility index (Phi) is 53.3. The molecule has 0 bridgehead atoms. The van der Waals surface area contributed by atoms with Crippen LogP contribution in [0.1, 0.15) is 33.6 Å². The molecule has 0 aliphatic carbocycles. The molecule has 0 saturated carbocycles. The summed E-state index contributed by atoms with van der Waals surface area (Å²) in [5.41, 5.74) is 0. The van der Waals surface area contributed by atoms with Gasteiger partial charge < -0.3 is 4.79 Å². The van der Waals surface area contributed by atoms with Crippen LogP contribution in [0.3, 0.4) is 0 Å². The second kappa shape index (κ2) is 35.3. The highest BCUT2D eigenvalue weighted by Gasteiger charge is 1.66. The fraction of sp³-hybridized carbons (Fsp3) is 0.500. The first kappa shape index (κ1) is 16.6. The predicted molar refractivity (Wildman–Crippen MR) is 52.7 cm³/mol. The van der Waals surface area contributed by atoms with E-state index in [-0.39, 0.29) is 0 Å². The highest BCUT2D eigenvalue weighted by atomic mass is 16.1. The molecule has 0 amide bonds. The summed E-state index contributed by atoms with van der Waals surface area (Å²) in [5.74, 6) is 0. The van der Waals surface area contributed by atoms with E-state index in [9.17, 15) is 4.79 Å². The zero-order valence-electron chi connectivity index (χ0n) is 7.97. The minimum Gasteiger partial charge on any atom is -0.303 e. The molecule has 0 aromatic carbocycles. The summed E-state index contributed by atoms with van der Waals surface area (Å²) >= 11 is 0. The third kappa shape index (κ3) is 354. The van der Waals surface area contributed by atoms with Gasteiger partial charge in [-0.25, -0.2) is 0 Å². The molecule has 66 valence electrons. The largest absolute Gasteiger partial charge is 0.303 e. The van der Waals surface area contributed by atoms with Crippen molar-refractivity contribution in [3.63, 3.8) is 0 Å². The summed E-state index contributed by atoms with van der Waals surface area (Å²) in [6, 6.07) is 0. The van der Waals surface area contributed by atoms with Gasteiger partial charge >= 0.3 is 0 Å². The topological polar surface area (TPSA) is 17.1 Å².